The van der Waals surface area contributed by atoms with E-state index in [2.05, 4.69) is 5.32 Å². The van der Waals surface area contributed by atoms with Crippen molar-refractivity contribution < 1.29 is 24.2 Å². The van der Waals surface area contributed by atoms with Crippen LogP contribution in [0.5, 0.6) is 0 Å². The van der Waals surface area contributed by atoms with E-state index >= 15 is 0 Å². The minimum Gasteiger partial charge on any atom is -0.466 e. The number of esters is 1. The zero-order chi connectivity index (χ0) is 16.6. The maximum atomic E-state index is 11.8. The van der Waals surface area contributed by atoms with Crippen LogP contribution in [-0.2, 0) is 19.1 Å². The second-order valence-corrected chi connectivity index (χ2v) is 5.52. The number of primary amides is 1. The van der Waals surface area contributed by atoms with Gasteiger partial charge in [0.2, 0.25) is 11.8 Å². The SMILES string of the molecule is CCOC(=O)C[C@H](C)[C@H](NC(=O)[C@@H](O)CC(C)C)C(N)=O. The molecule has 0 aliphatic carbocycles. The van der Waals surface area contributed by atoms with Gasteiger partial charge in [0, 0.05) is 0 Å². The Hall–Kier alpha value is -1.63. The van der Waals surface area contributed by atoms with E-state index in [9.17, 15) is 19.5 Å². The van der Waals surface area contributed by atoms with Gasteiger partial charge in [-0.15, -0.1) is 0 Å². The van der Waals surface area contributed by atoms with Gasteiger partial charge in [-0.05, 0) is 25.2 Å². The zero-order valence-electron chi connectivity index (χ0n) is 13.1. The predicted molar refractivity (Wildman–Crippen MR) is 77.0 cm³/mol. The van der Waals surface area contributed by atoms with Crippen LogP contribution in [0.15, 0.2) is 0 Å². The van der Waals surface area contributed by atoms with Crippen LogP contribution >= 0.6 is 0 Å². The number of rotatable bonds is 9. The smallest absolute Gasteiger partial charge is 0.306 e. The molecule has 0 aliphatic heterocycles. The topological polar surface area (TPSA) is 119 Å². The van der Waals surface area contributed by atoms with Crippen LogP contribution in [0.25, 0.3) is 0 Å². The fourth-order valence-electron chi connectivity index (χ4n) is 1.90. The average molecular weight is 302 g/mol. The van der Waals surface area contributed by atoms with Crippen LogP contribution in [0.1, 0.15) is 40.5 Å². The lowest BCUT2D eigenvalue weighted by Gasteiger charge is -2.23. The van der Waals surface area contributed by atoms with Gasteiger partial charge in [-0.3, -0.25) is 14.4 Å². The number of amides is 2. The summed E-state index contributed by atoms with van der Waals surface area (Å²) >= 11 is 0. The molecule has 4 N–H and O–H groups in total. The van der Waals surface area contributed by atoms with Crippen molar-refractivity contribution in [2.75, 3.05) is 6.61 Å². The van der Waals surface area contributed by atoms with Crippen molar-refractivity contribution in [3.8, 4) is 0 Å². The average Bonchev–Trinajstić information content (AvgIpc) is 2.34. The largest absolute Gasteiger partial charge is 0.466 e. The maximum absolute atomic E-state index is 11.8. The first-order valence-corrected chi connectivity index (χ1v) is 7.12. The van der Waals surface area contributed by atoms with E-state index in [1.165, 1.54) is 0 Å². The van der Waals surface area contributed by atoms with Crippen molar-refractivity contribution in [2.45, 2.75) is 52.7 Å². The number of aliphatic hydroxyl groups excluding tert-OH is 1. The summed E-state index contributed by atoms with van der Waals surface area (Å²) in [5.41, 5.74) is 5.25. The Balaban J connectivity index is 4.65. The minimum absolute atomic E-state index is 0.0397. The molecule has 0 radical (unpaired) electrons. The predicted octanol–water partition coefficient (Wildman–Crippen LogP) is -0.0472. The Bertz CT molecular complexity index is 370. The molecule has 0 saturated heterocycles. The summed E-state index contributed by atoms with van der Waals surface area (Å²) in [5.74, 6) is -2.26. The van der Waals surface area contributed by atoms with E-state index in [0.29, 0.717) is 0 Å². The molecule has 0 spiro atoms. The first-order chi connectivity index (χ1) is 9.68. The molecule has 0 aromatic carbocycles. The van der Waals surface area contributed by atoms with Crippen LogP contribution in [-0.4, -0.2) is 41.6 Å². The summed E-state index contributed by atoms with van der Waals surface area (Å²) in [6.45, 7) is 7.27. The molecule has 21 heavy (non-hydrogen) atoms. The number of carbonyl (C=O) groups is 3. The van der Waals surface area contributed by atoms with E-state index in [-0.39, 0.29) is 25.4 Å². The minimum atomic E-state index is -1.21. The molecule has 0 fully saturated rings. The van der Waals surface area contributed by atoms with Gasteiger partial charge >= 0.3 is 5.97 Å². The lowest BCUT2D eigenvalue weighted by atomic mass is 9.97. The van der Waals surface area contributed by atoms with E-state index in [0.717, 1.165) is 0 Å². The van der Waals surface area contributed by atoms with E-state index in [1.54, 1.807) is 13.8 Å². The van der Waals surface area contributed by atoms with Crippen LogP contribution in [0, 0.1) is 11.8 Å². The maximum Gasteiger partial charge on any atom is 0.306 e. The van der Waals surface area contributed by atoms with Crippen LogP contribution < -0.4 is 11.1 Å². The summed E-state index contributed by atoms with van der Waals surface area (Å²) in [6, 6.07) is -1.02. The highest BCUT2D eigenvalue weighted by atomic mass is 16.5. The van der Waals surface area contributed by atoms with Crippen molar-refractivity contribution >= 4 is 17.8 Å². The highest BCUT2D eigenvalue weighted by Gasteiger charge is 2.29. The van der Waals surface area contributed by atoms with Gasteiger partial charge in [-0.1, -0.05) is 20.8 Å². The summed E-state index contributed by atoms with van der Waals surface area (Å²) < 4.78 is 4.79. The van der Waals surface area contributed by atoms with E-state index < -0.39 is 35.8 Å². The van der Waals surface area contributed by atoms with Crippen LogP contribution in [0.3, 0.4) is 0 Å². The van der Waals surface area contributed by atoms with Crippen molar-refractivity contribution in [3.63, 3.8) is 0 Å². The highest BCUT2D eigenvalue weighted by Crippen LogP contribution is 2.11. The number of hydrogen-bond donors (Lipinski definition) is 3. The summed E-state index contributed by atoms with van der Waals surface area (Å²) in [6.07, 6.45) is -0.965. The summed E-state index contributed by atoms with van der Waals surface area (Å²) in [7, 11) is 0. The Morgan fingerprint density at radius 2 is 1.81 bits per heavy atom. The molecule has 0 heterocycles. The second-order valence-electron chi connectivity index (χ2n) is 5.52. The lowest BCUT2D eigenvalue weighted by molar-refractivity contribution is -0.145. The van der Waals surface area contributed by atoms with Crippen molar-refractivity contribution in [2.24, 2.45) is 17.6 Å². The van der Waals surface area contributed by atoms with Crippen molar-refractivity contribution in [1.29, 1.82) is 0 Å². The third-order valence-electron chi connectivity index (χ3n) is 2.96. The fourth-order valence-corrected chi connectivity index (χ4v) is 1.90. The molecule has 0 unspecified atom stereocenters. The third kappa shape index (κ3) is 7.65. The second kappa shape index (κ2) is 9.33. The quantitative estimate of drug-likeness (QED) is 0.516. The third-order valence-corrected chi connectivity index (χ3v) is 2.96. The Morgan fingerprint density at radius 3 is 2.24 bits per heavy atom. The summed E-state index contributed by atoms with van der Waals surface area (Å²) in [4.78, 5) is 34.7. The Morgan fingerprint density at radius 1 is 1.24 bits per heavy atom. The molecule has 3 atom stereocenters. The zero-order valence-corrected chi connectivity index (χ0v) is 13.1. The Kier molecular flexibility index (Phi) is 8.61. The monoisotopic (exact) mass is 302 g/mol. The number of aliphatic hydroxyl groups is 1. The number of nitrogens with two attached hydrogens (primary N) is 1. The first kappa shape index (κ1) is 19.4. The van der Waals surface area contributed by atoms with Gasteiger partial charge in [-0.2, -0.15) is 0 Å². The Labute approximate surface area is 125 Å². The number of hydrogen-bond acceptors (Lipinski definition) is 5. The molecule has 7 heteroatoms. The normalized spacial score (nSPS) is 15.1. The fraction of sp³-hybridized carbons (Fsp3) is 0.786. The van der Waals surface area contributed by atoms with Crippen LogP contribution in [0.4, 0.5) is 0 Å². The molecule has 0 aromatic rings. The molecule has 2 amide bonds. The van der Waals surface area contributed by atoms with Gasteiger partial charge in [0.1, 0.15) is 12.1 Å². The van der Waals surface area contributed by atoms with E-state index in [4.69, 9.17) is 10.5 Å². The highest BCUT2D eigenvalue weighted by molar-refractivity contribution is 5.89. The number of nitrogens with one attached hydrogen (secondary N) is 1. The standard InChI is InChI=1S/C14H26N2O5/c1-5-21-11(18)7-9(4)12(13(15)19)16-14(20)10(17)6-8(2)3/h8-10,12,17H,5-7H2,1-4H3,(H2,15,19)(H,16,20)/t9-,10-,12-/m0/s1. The molecule has 122 valence electrons. The van der Waals surface area contributed by atoms with E-state index in [1.807, 2.05) is 13.8 Å². The van der Waals surface area contributed by atoms with Gasteiger partial charge in [0.05, 0.1) is 13.0 Å². The van der Waals surface area contributed by atoms with Crippen LogP contribution in [0.2, 0.25) is 0 Å². The van der Waals surface area contributed by atoms with Gasteiger partial charge in [0.15, 0.2) is 0 Å². The molecular formula is C14H26N2O5. The number of ether oxygens (including phenoxy) is 1. The van der Waals surface area contributed by atoms with Gasteiger partial charge in [-0.25, -0.2) is 0 Å². The molecule has 7 nitrogen and oxygen atoms in total. The van der Waals surface area contributed by atoms with Crippen molar-refractivity contribution in [3.05, 3.63) is 0 Å². The molecule has 0 bridgehead atoms. The molecule has 0 saturated carbocycles. The molecule has 0 rings (SSSR count). The lowest BCUT2D eigenvalue weighted by Crippen LogP contribution is -2.51. The first-order valence-electron chi connectivity index (χ1n) is 7.12. The summed E-state index contributed by atoms with van der Waals surface area (Å²) in [5, 5.41) is 12.1. The van der Waals surface area contributed by atoms with Gasteiger partial charge in [0.25, 0.3) is 0 Å². The number of carbonyl (C=O) groups excluding carboxylic acids is 3. The van der Waals surface area contributed by atoms with Crippen molar-refractivity contribution in [1.82, 2.24) is 5.32 Å². The molecular weight excluding hydrogens is 276 g/mol. The van der Waals surface area contributed by atoms with Gasteiger partial charge < -0.3 is 20.9 Å². The molecule has 0 aromatic heterocycles. The molecule has 0 aliphatic rings.